The lowest BCUT2D eigenvalue weighted by Gasteiger charge is -2.34. The Hall–Kier alpha value is -1.57. The standard InChI is InChI=1S/C14H19N3O/c1-16(2)14(11-18)7-8-17(10-14)13-5-3-12(9-15)4-6-13/h3-6,18H,7-8,10-11H2,1-2H3. The zero-order valence-corrected chi connectivity index (χ0v) is 10.9. The van der Waals surface area contributed by atoms with Gasteiger partial charge in [-0.25, -0.2) is 0 Å². The van der Waals surface area contributed by atoms with Gasteiger partial charge in [-0.3, -0.25) is 4.90 Å². The summed E-state index contributed by atoms with van der Waals surface area (Å²) in [6.07, 6.45) is 0.955. The molecule has 0 spiro atoms. The van der Waals surface area contributed by atoms with E-state index in [-0.39, 0.29) is 12.1 Å². The monoisotopic (exact) mass is 245 g/mol. The van der Waals surface area contributed by atoms with Crippen LogP contribution < -0.4 is 4.90 Å². The molecule has 0 saturated carbocycles. The average molecular weight is 245 g/mol. The molecule has 4 heteroatoms. The van der Waals surface area contributed by atoms with E-state index in [1.54, 1.807) is 0 Å². The van der Waals surface area contributed by atoms with Crippen LogP contribution in [0.1, 0.15) is 12.0 Å². The number of benzene rings is 1. The largest absolute Gasteiger partial charge is 0.394 e. The van der Waals surface area contributed by atoms with E-state index in [0.717, 1.165) is 25.2 Å². The maximum Gasteiger partial charge on any atom is 0.0991 e. The number of hydrogen-bond donors (Lipinski definition) is 1. The molecule has 2 rings (SSSR count). The van der Waals surface area contributed by atoms with E-state index in [9.17, 15) is 5.11 Å². The van der Waals surface area contributed by atoms with E-state index in [4.69, 9.17) is 5.26 Å². The van der Waals surface area contributed by atoms with Crippen molar-refractivity contribution in [3.8, 4) is 6.07 Å². The summed E-state index contributed by atoms with van der Waals surface area (Å²) in [5.74, 6) is 0. The van der Waals surface area contributed by atoms with E-state index in [2.05, 4.69) is 15.9 Å². The molecule has 1 fully saturated rings. The fraction of sp³-hybridized carbons (Fsp3) is 0.500. The van der Waals surface area contributed by atoms with Crippen molar-refractivity contribution in [1.82, 2.24) is 4.90 Å². The second-order valence-electron chi connectivity index (χ2n) is 5.11. The molecule has 96 valence electrons. The van der Waals surface area contributed by atoms with E-state index in [1.807, 2.05) is 38.4 Å². The van der Waals surface area contributed by atoms with Gasteiger partial charge in [0, 0.05) is 18.8 Å². The highest BCUT2D eigenvalue weighted by Crippen LogP contribution is 2.29. The Morgan fingerprint density at radius 2 is 2.06 bits per heavy atom. The molecule has 1 aromatic rings. The van der Waals surface area contributed by atoms with Crippen molar-refractivity contribution in [1.29, 1.82) is 5.26 Å². The number of anilines is 1. The van der Waals surface area contributed by atoms with E-state index >= 15 is 0 Å². The number of aliphatic hydroxyl groups excluding tert-OH is 1. The van der Waals surface area contributed by atoms with Gasteiger partial charge in [0.05, 0.1) is 23.8 Å². The maximum absolute atomic E-state index is 9.62. The van der Waals surface area contributed by atoms with Gasteiger partial charge < -0.3 is 10.0 Å². The van der Waals surface area contributed by atoms with Crippen LogP contribution in [0.25, 0.3) is 0 Å². The average Bonchev–Trinajstić information content (AvgIpc) is 2.84. The first-order valence-corrected chi connectivity index (χ1v) is 6.15. The van der Waals surface area contributed by atoms with Crippen molar-refractivity contribution >= 4 is 5.69 Å². The minimum absolute atomic E-state index is 0.145. The fourth-order valence-corrected chi connectivity index (χ4v) is 2.46. The molecule has 1 aliphatic heterocycles. The highest BCUT2D eigenvalue weighted by Gasteiger charge is 2.39. The van der Waals surface area contributed by atoms with Gasteiger partial charge >= 0.3 is 0 Å². The van der Waals surface area contributed by atoms with Gasteiger partial charge in [-0.15, -0.1) is 0 Å². The number of hydrogen-bond acceptors (Lipinski definition) is 4. The zero-order chi connectivity index (χ0) is 13.2. The lowest BCUT2D eigenvalue weighted by atomic mass is 9.99. The third-order valence-corrected chi connectivity index (χ3v) is 3.94. The van der Waals surface area contributed by atoms with Crippen LogP contribution in [0.2, 0.25) is 0 Å². The van der Waals surface area contributed by atoms with Crippen LogP contribution >= 0.6 is 0 Å². The van der Waals surface area contributed by atoms with E-state index in [1.165, 1.54) is 0 Å². The fourth-order valence-electron chi connectivity index (χ4n) is 2.46. The molecule has 0 aliphatic carbocycles. The highest BCUT2D eigenvalue weighted by atomic mass is 16.3. The molecule has 1 N–H and O–H groups in total. The van der Waals surface area contributed by atoms with Crippen LogP contribution in [0.15, 0.2) is 24.3 Å². The topological polar surface area (TPSA) is 50.5 Å². The van der Waals surface area contributed by atoms with Gasteiger partial charge in [0.25, 0.3) is 0 Å². The first-order chi connectivity index (χ1) is 8.61. The number of nitriles is 1. The number of likely N-dealkylation sites (N-methyl/N-ethyl adjacent to an activating group) is 1. The minimum atomic E-state index is -0.145. The van der Waals surface area contributed by atoms with Crippen molar-refractivity contribution in [2.24, 2.45) is 0 Å². The predicted molar refractivity (Wildman–Crippen MR) is 71.5 cm³/mol. The first kappa shape index (κ1) is 12.9. The molecular weight excluding hydrogens is 226 g/mol. The zero-order valence-electron chi connectivity index (χ0n) is 10.9. The Bertz CT molecular complexity index is 449. The molecule has 1 saturated heterocycles. The maximum atomic E-state index is 9.62. The van der Waals surface area contributed by atoms with Crippen LogP contribution in [0.4, 0.5) is 5.69 Å². The third kappa shape index (κ3) is 2.20. The number of nitrogens with zero attached hydrogens (tertiary/aromatic N) is 3. The number of rotatable bonds is 3. The number of aliphatic hydroxyl groups is 1. The van der Waals surface area contributed by atoms with Crippen molar-refractivity contribution in [3.05, 3.63) is 29.8 Å². The molecule has 4 nitrogen and oxygen atoms in total. The Balaban J connectivity index is 2.15. The summed E-state index contributed by atoms with van der Waals surface area (Å²) >= 11 is 0. The summed E-state index contributed by atoms with van der Waals surface area (Å²) < 4.78 is 0. The van der Waals surface area contributed by atoms with Gasteiger partial charge in [0.2, 0.25) is 0 Å². The summed E-state index contributed by atoms with van der Waals surface area (Å²) in [6, 6.07) is 9.75. The van der Waals surface area contributed by atoms with Crippen molar-refractivity contribution in [2.75, 3.05) is 38.7 Å². The first-order valence-electron chi connectivity index (χ1n) is 6.15. The van der Waals surface area contributed by atoms with Crippen LogP contribution in [-0.2, 0) is 0 Å². The van der Waals surface area contributed by atoms with Crippen LogP contribution in [0.5, 0.6) is 0 Å². The SMILES string of the molecule is CN(C)C1(CO)CCN(c2ccc(C#N)cc2)C1. The Kier molecular flexibility index (Phi) is 3.55. The van der Waals surface area contributed by atoms with Gasteiger partial charge in [0.15, 0.2) is 0 Å². The molecule has 0 amide bonds. The normalized spacial score (nSPS) is 23.4. The molecule has 1 aliphatic rings. The molecule has 0 bridgehead atoms. The molecule has 1 aromatic carbocycles. The third-order valence-electron chi connectivity index (χ3n) is 3.94. The summed E-state index contributed by atoms with van der Waals surface area (Å²) in [5.41, 5.74) is 1.65. The molecule has 18 heavy (non-hydrogen) atoms. The Morgan fingerprint density at radius 1 is 1.39 bits per heavy atom. The van der Waals surface area contributed by atoms with Gasteiger partial charge in [-0.2, -0.15) is 5.26 Å². The van der Waals surface area contributed by atoms with Crippen LogP contribution in [-0.4, -0.2) is 49.3 Å². The summed E-state index contributed by atoms with van der Waals surface area (Å²) in [5, 5.41) is 18.4. The van der Waals surface area contributed by atoms with Crippen molar-refractivity contribution in [2.45, 2.75) is 12.0 Å². The molecule has 0 radical (unpaired) electrons. The van der Waals surface area contributed by atoms with Crippen LogP contribution in [0, 0.1) is 11.3 Å². The lowest BCUT2D eigenvalue weighted by molar-refractivity contribution is 0.0867. The Labute approximate surface area is 108 Å². The minimum Gasteiger partial charge on any atom is -0.394 e. The van der Waals surface area contributed by atoms with Gasteiger partial charge in [-0.1, -0.05) is 0 Å². The highest BCUT2D eigenvalue weighted by molar-refractivity contribution is 5.51. The summed E-state index contributed by atoms with van der Waals surface area (Å²) in [7, 11) is 4.02. The smallest absolute Gasteiger partial charge is 0.0991 e. The summed E-state index contributed by atoms with van der Waals surface area (Å²) in [6.45, 7) is 1.93. The molecule has 1 unspecified atom stereocenters. The predicted octanol–water partition coefficient (Wildman–Crippen LogP) is 1.06. The molecule has 1 heterocycles. The van der Waals surface area contributed by atoms with Gasteiger partial charge in [0.1, 0.15) is 0 Å². The summed E-state index contributed by atoms with van der Waals surface area (Å²) in [4.78, 5) is 4.37. The second-order valence-corrected chi connectivity index (χ2v) is 5.11. The van der Waals surface area contributed by atoms with Crippen molar-refractivity contribution < 1.29 is 5.11 Å². The second kappa shape index (κ2) is 4.97. The quantitative estimate of drug-likeness (QED) is 0.865. The van der Waals surface area contributed by atoms with Crippen LogP contribution in [0.3, 0.4) is 0 Å². The van der Waals surface area contributed by atoms with Gasteiger partial charge in [-0.05, 0) is 44.8 Å². The van der Waals surface area contributed by atoms with E-state index < -0.39 is 0 Å². The molecule has 0 aromatic heterocycles. The molecular formula is C14H19N3O. The molecule has 1 atom stereocenters. The van der Waals surface area contributed by atoms with E-state index in [0.29, 0.717) is 5.56 Å². The Morgan fingerprint density at radius 3 is 2.50 bits per heavy atom. The lowest BCUT2D eigenvalue weighted by Crippen LogP contribution is -2.49. The van der Waals surface area contributed by atoms with Crippen molar-refractivity contribution in [3.63, 3.8) is 0 Å².